The van der Waals surface area contributed by atoms with Gasteiger partial charge in [-0.3, -0.25) is 9.59 Å². The van der Waals surface area contributed by atoms with Crippen LogP contribution < -0.4 is 10.6 Å². The van der Waals surface area contributed by atoms with Gasteiger partial charge in [-0.25, -0.2) is 0 Å². The van der Waals surface area contributed by atoms with Crippen LogP contribution in [-0.4, -0.2) is 18.4 Å². The molecule has 2 aromatic rings. The molecule has 0 aromatic heterocycles. The lowest BCUT2D eigenvalue weighted by Crippen LogP contribution is -2.24. The summed E-state index contributed by atoms with van der Waals surface area (Å²) in [6.45, 7) is 2.65. The summed E-state index contributed by atoms with van der Waals surface area (Å²) in [7, 11) is 0. The molecule has 0 saturated heterocycles. The minimum atomic E-state index is -0.0627. The van der Waals surface area contributed by atoms with Crippen molar-refractivity contribution in [3.05, 3.63) is 71.3 Å². The van der Waals surface area contributed by atoms with E-state index in [0.29, 0.717) is 18.7 Å². The van der Waals surface area contributed by atoms with E-state index in [9.17, 15) is 9.59 Å². The van der Waals surface area contributed by atoms with Crippen molar-refractivity contribution in [2.24, 2.45) is 0 Å². The van der Waals surface area contributed by atoms with Crippen LogP contribution in [0.3, 0.4) is 0 Å². The van der Waals surface area contributed by atoms with E-state index in [1.807, 2.05) is 30.3 Å². The maximum absolute atomic E-state index is 12.1. The number of rotatable bonds is 8. The highest BCUT2D eigenvalue weighted by Crippen LogP contribution is 2.06. The van der Waals surface area contributed by atoms with E-state index in [2.05, 4.69) is 22.8 Å². The zero-order valence-electron chi connectivity index (χ0n) is 14.0. The van der Waals surface area contributed by atoms with Crippen LogP contribution in [0.25, 0.3) is 0 Å². The van der Waals surface area contributed by atoms with Crippen molar-refractivity contribution in [3.63, 3.8) is 0 Å². The van der Waals surface area contributed by atoms with Gasteiger partial charge in [0.15, 0.2) is 0 Å². The molecule has 4 nitrogen and oxygen atoms in total. The van der Waals surface area contributed by atoms with Crippen LogP contribution in [0.1, 0.15) is 41.3 Å². The molecule has 2 amide bonds. The third-order valence-electron chi connectivity index (χ3n) is 3.78. The normalized spacial score (nSPS) is 10.2. The van der Waals surface area contributed by atoms with E-state index in [1.54, 1.807) is 12.1 Å². The molecule has 0 unspecified atom stereocenters. The molecule has 2 aromatic carbocycles. The number of carbonyl (C=O) groups is 2. The van der Waals surface area contributed by atoms with Crippen molar-refractivity contribution in [2.75, 3.05) is 6.54 Å². The van der Waals surface area contributed by atoms with Gasteiger partial charge in [-0.15, -0.1) is 0 Å². The molecule has 0 heterocycles. The molecule has 0 spiro atoms. The summed E-state index contributed by atoms with van der Waals surface area (Å²) in [5.41, 5.74) is 2.95. The summed E-state index contributed by atoms with van der Waals surface area (Å²) in [4.78, 5) is 23.0. The Morgan fingerprint density at radius 3 is 2.21 bits per heavy atom. The van der Waals surface area contributed by atoms with Crippen molar-refractivity contribution >= 4 is 11.8 Å². The summed E-state index contributed by atoms with van der Waals surface area (Å²) >= 11 is 0. The third kappa shape index (κ3) is 6.24. The predicted molar refractivity (Wildman–Crippen MR) is 95.7 cm³/mol. The van der Waals surface area contributed by atoms with Gasteiger partial charge in [-0.2, -0.15) is 0 Å². The Morgan fingerprint density at radius 2 is 1.54 bits per heavy atom. The van der Waals surface area contributed by atoms with Crippen LogP contribution in [0, 0.1) is 0 Å². The van der Waals surface area contributed by atoms with Gasteiger partial charge in [0.1, 0.15) is 0 Å². The van der Waals surface area contributed by atoms with Gasteiger partial charge in [0.05, 0.1) is 0 Å². The lowest BCUT2D eigenvalue weighted by atomic mass is 10.1. The largest absolute Gasteiger partial charge is 0.352 e. The van der Waals surface area contributed by atoms with Gasteiger partial charge < -0.3 is 10.6 Å². The Hall–Kier alpha value is -2.62. The second-order valence-electron chi connectivity index (χ2n) is 5.81. The van der Waals surface area contributed by atoms with E-state index in [-0.39, 0.29) is 11.8 Å². The fraction of sp³-hybridized carbons (Fsp3) is 0.300. The minimum Gasteiger partial charge on any atom is -0.352 e. The lowest BCUT2D eigenvalue weighted by Gasteiger charge is -2.07. The Labute approximate surface area is 143 Å². The van der Waals surface area contributed by atoms with Gasteiger partial charge in [0.25, 0.3) is 5.91 Å². The molecule has 2 N–H and O–H groups in total. The van der Waals surface area contributed by atoms with Crippen molar-refractivity contribution < 1.29 is 9.59 Å². The van der Waals surface area contributed by atoms with Crippen LogP contribution in [0.15, 0.2) is 54.6 Å². The highest BCUT2D eigenvalue weighted by atomic mass is 16.2. The predicted octanol–water partition coefficient (Wildman–Crippen LogP) is 3.08. The highest BCUT2D eigenvalue weighted by molar-refractivity contribution is 5.94. The summed E-state index contributed by atoms with van der Waals surface area (Å²) in [5, 5.41) is 5.68. The molecule has 0 aliphatic heterocycles. The standard InChI is InChI=1S/C20H24N2O2/c1-16(23)22-15-18-10-12-19(13-11-18)20(24)21-14-6-5-9-17-7-3-2-4-8-17/h2-4,7-8,10-13H,5-6,9,14-15H2,1H3,(H,21,24)(H,22,23). The Morgan fingerprint density at radius 1 is 0.833 bits per heavy atom. The van der Waals surface area contributed by atoms with Gasteiger partial charge in [-0.1, -0.05) is 42.5 Å². The smallest absolute Gasteiger partial charge is 0.251 e. The molecule has 24 heavy (non-hydrogen) atoms. The lowest BCUT2D eigenvalue weighted by molar-refractivity contribution is -0.119. The van der Waals surface area contributed by atoms with Gasteiger partial charge >= 0.3 is 0 Å². The average molecular weight is 324 g/mol. The highest BCUT2D eigenvalue weighted by Gasteiger charge is 2.04. The number of hydrogen-bond acceptors (Lipinski definition) is 2. The zero-order chi connectivity index (χ0) is 17.2. The Balaban J connectivity index is 1.67. The molecule has 0 atom stereocenters. The van der Waals surface area contributed by atoms with E-state index in [1.165, 1.54) is 12.5 Å². The Bertz CT molecular complexity index is 651. The first-order chi connectivity index (χ1) is 11.6. The van der Waals surface area contributed by atoms with E-state index in [4.69, 9.17) is 0 Å². The van der Waals surface area contributed by atoms with Crippen molar-refractivity contribution in [2.45, 2.75) is 32.7 Å². The second-order valence-corrected chi connectivity index (χ2v) is 5.81. The van der Waals surface area contributed by atoms with Gasteiger partial charge in [-0.05, 0) is 42.5 Å². The SMILES string of the molecule is CC(=O)NCc1ccc(C(=O)NCCCCc2ccccc2)cc1. The molecule has 0 bridgehead atoms. The quantitative estimate of drug-likeness (QED) is 0.733. The van der Waals surface area contributed by atoms with Crippen LogP contribution >= 0.6 is 0 Å². The minimum absolute atomic E-state index is 0.0548. The fourth-order valence-electron chi connectivity index (χ4n) is 2.40. The maximum Gasteiger partial charge on any atom is 0.251 e. The van der Waals surface area contributed by atoms with E-state index < -0.39 is 0 Å². The summed E-state index contributed by atoms with van der Waals surface area (Å²) in [6.07, 6.45) is 3.05. The van der Waals surface area contributed by atoms with E-state index in [0.717, 1.165) is 24.8 Å². The number of nitrogens with one attached hydrogen (secondary N) is 2. The molecule has 0 aliphatic carbocycles. The fourth-order valence-corrected chi connectivity index (χ4v) is 2.40. The van der Waals surface area contributed by atoms with Crippen LogP contribution in [0.2, 0.25) is 0 Å². The molecule has 2 rings (SSSR count). The van der Waals surface area contributed by atoms with Crippen LogP contribution in [0.5, 0.6) is 0 Å². The molecular formula is C20H24N2O2. The number of benzene rings is 2. The molecule has 0 fully saturated rings. The molecule has 0 aliphatic rings. The van der Waals surface area contributed by atoms with Crippen molar-refractivity contribution in [3.8, 4) is 0 Å². The first-order valence-corrected chi connectivity index (χ1v) is 8.30. The van der Waals surface area contributed by atoms with Gasteiger partial charge in [0.2, 0.25) is 5.91 Å². The molecule has 0 saturated carbocycles. The topological polar surface area (TPSA) is 58.2 Å². The monoisotopic (exact) mass is 324 g/mol. The van der Waals surface area contributed by atoms with Crippen molar-refractivity contribution in [1.29, 1.82) is 0 Å². The number of amides is 2. The maximum atomic E-state index is 12.1. The average Bonchev–Trinajstić information content (AvgIpc) is 2.61. The third-order valence-corrected chi connectivity index (χ3v) is 3.78. The number of aryl methyl sites for hydroxylation is 1. The summed E-state index contributed by atoms with van der Waals surface area (Å²) < 4.78 is 0. The van der Waals surface area contributed by atoms with Gasteiger partial charge in [0, 0.05) is 25.6 Å². The van der Waals surface area contributed by atoms with Crippen LogP contribution in [0.4, 0.5) is 0 Å². The molecule has 0 radical (unpaired) electrons. The number of hydrogen-bond donors (Lipinski definition) is 2. The molecule has 4 heteroatoms. The first kappa shape index (κ1) is 17.7. The number of carbonyl (C=O) groups excluding carboxylic acids is 2. The summed E-state index contributed by atoms with van der Waals surface area (Å²) in [5.74, 6) is -0.117. The number of unbranched alkanes of at least 4 members (excludes halogenated alkanes) is 1. The zero-order valence-corrected chi connectivity index (χ0v) is 14.0. The summed E-state index contributed by atoms with van der Waals surface area (Å²) in [6, 6.07) is 17.7. The van der Waals surface area contributed by atoms with Crippen LogP contribution in [-0.2, 0) is 17.8 Å². The Kier molecular flexibility index (Phi) is 7.02. The molecular weight excluding hydrogens is 300 g/mol. The van der Waals surface area contributed by atoms with E-state index >= 15 is 0 Å². The molecule has 126 valence electrons. The second kappa shape index (κ2) is 9.50. The first-order valence-electron chi connectivity index (χ1n) is 8.30. The van der Waals surface area contributed by atoms with Crippen molar-refractivity contribution in [1.82, 2.24) is 10.6 Å².